The van der Waals surface area contributed by atoms with Crippen molar-refractivity contribution in [2.45, 2.75) is 26.4 Å². The summed E-state index contributed by atoms with van der Waals surface area (Å²) < 4.78 is 1.81. The summed E-state index contributed by atoms with van der Waals surface area (Å²) in [5, 5.41) is 14.6. The third kappa shape index (κ3) is 5.17. The van der Waals surface area contributed by atoms with E-state index in [0.29, 0.717) is 17.9 Å². The molecule has 1 atom stereocenters. The van der Waals surface area contributed by atoms with E-state index in [9.17, 15) is 4.79 Å². The Kier molecular flexibility index (Phi) is 6.89. The molecule has 8 nitrogen and oxygen atoms in total. The van der Waals surface area contributed by atoms with Crippen molar-refractivity contribution in [1.29, 1.82) is 0 Å². The second-order valence-corrected chi connectivity index (χ2v) is 10.6. The molecule has 0 amide bonds. The largest absolute Gasteiger partial charge is 0.369 e. The highest BCUT2D eigenvalue weighted by atomic mass is 35.5. The minimum absolute atomic E-state index is 0.126. The summed E-state index contributed by atoms with van der Waals surface area (Å²) in [6.45, 7) is 7.74. The molecule has 1 unspecified atom stereocenters. The Bertz CT molecular complexity index is 1670. The maximum Gasteiger partial charge on any atom is 0.253 e. The fourth-order valence-electron chi connectivity index (χ4n) is 5.47. The molecule has 1 saturated heterocycles. The number of aromatic amines is 1. The number of aromatic nitrogens is 5. The van der Waals surface area contributed by atoms with E-state index in [-0.39, 0.29) is 5.56 Å². The number of rotatable bonds is 6. The van der Waals surface area contributed by atoms with Gasteiger partial charge in [-0.3, -0.25) is 9.69 Å². The van der Waals surface area contributed by atoms with Crippen LogP contribution in [0.3, 0.4) is 0 Å². The normalized spacial score (nSPS) is 15.1. The van der Waals surface area contributed by atoms with E-state index in [4.69, 9.17) is 11.6 Å². The number of tetrazole rings is 1. The fourth-order valence-corrected chi connectivity index (χ4v) is 5.63. The van der Waals surface area contributed by atoms with Crippen molar-refractivity contribution < 1.29 is 0 Å². The molecular weight excluding hydrogens is 510 g/mol. The molecule has 3 aromatic carbocycles. The van der Waals surface area contributed by atoms with Crippen LogP contribution in [0.25, 0.3) is 10.9 Å². The highest BCUT2D eigenvalue weighted by molar-refractivity contribution is 6.30. The SMILES string of the molecule is Cc1ccc2[nH]c(=O)c(C(c3nnnn3Cc3ccccc3)N3CCN(c4cc(Cl)ccc4C)CC3)cc2c1. The Morgan fingerprint density at radius 1 is 0.949 bits per heavy atom. The molecule has 39 heavy (non-hydrogen) atoms. The number of pyridine rings is 1. The van der Waals surface area contributed by atoms with Gasteiger partial charge in [-0.2, -0.15) is 0 Å². The summed E-state index contributed by atoms with van der Waals surface area (Å²) in [6.07, 6.45) is 0. The maximum absolute atomic E-state index is 13.5. The van der Waals surface area contributed by atoms with E-state index in [1.807, 2.05) is 53.2 Å². The molecule has 9 heteroatoms. The molecule has 0 aliphatic carbocycles. The number of benzene rings is 3. The van der Waals surface area contributed by atoms with Crippen molar-refractivity contribution in [2.24, 2.45) is 0 Å². The number of piperazine rings is 1. The van der Waals surface area contributed by atoms with E-state index in [2.05, 4.69) is 68.4 Å². The van der Waals surface area contributed by atoms with Gasteiger partial charge in [0.15, 0.2) is 5.82 Å². The predicted molar refractivity (Wildman–Crippen MR) is 154 cm³/mol. The molecule has 1 N–H and O–H groups in total. The summed E-state index contributed by atoms with van der Waals surface area (Å²) in [5.41, 5.74) is 5.90. The van der Waals surface area contributed by atoms with E-state index >= 15 is 0 Å². The van der Waals surface area contributed by atoms with E-state index in [1.165, 1.54) is 5.56 Å². The van der Waals surface area contributed by atoms with Crippen molar-refractivity contribution in [1.82, 2.24) is 30.1 Å². The lowest BCUT2D eigenvalue weighted by Gasteiger charge is -2.40. The number of aryl methyl sites for hydroxylation is 2. The molecule has 0 bridgehead atoms. The first-order chi connectivity index (χ1) is 19.0. The highest BCUT2D eigenvalue weighted by Gasteiger charge is 2.33. The number of hydrogen-bond donors (Lipinski definition) is 1. The summed E-state index contributed by atoms with van der Waals surface area (Å²) >= 11 is 6.32. The van der Waals surface area contributed by atoms with Crippen molar-refractivity contribution in [2.75, 3.05) is 31.1 Å². The number of anilines is 1. The van der Waals surface area contributed by atoms with Gasteiger partial charge >= 0.3 is 0 Å². The van der Waals surface area contributed by atoms with E-state index < -0.39 is 6.04 Å². The molecule has 1 aliphatic heterocycles. The van der Waals surface area contributed by atoms with Crippen LogP contribution in [0.5, 0.6) is 0 Å². The molecule has 1 fully saturated rings. The standard InChI is InChI=1S/C30H30ClN7O/c1-20-8-11-26-23(16-20)17-25(30(39)32-26)28(29-33-34-35-38(29)19-22-6-4-3-5-7-22)37-14-12-36(13-15-37)27-18-24(31)10-9-21(27)2/h3-11,16-18,28H,12-15,19H2,1-2H3,(H,32,39). The summed E-state index contributed by atoms with van der Waals surface area (Å²) in [6, 6.07) is 23.8. The van der Waals surface area contributed by atoms with Gasteiger partial charge in [0.1, 0.15) is 6.04 Å². The van der Waals surface area contributed by atoms with Gasteiger partial charge in [0, 0.05) is 48.0 Å². The van der Waals surface area contributed by atoms with Crippen molar-refractivity contribution in [3.8, 4) is 0 Å². The van der Waals surface area contributed by atoms with Gasteiger partial charge in [0.05, 0.1) is 6.54 Å². The minimum Gasteiger partial charge on any atom is -0.369 e. The van der Waals surface area contributed by atoms with Gasteiger partial charge in [-0.1, -0.05) is 59.6 Å². The minimum atomic E-state index is -0.403. The van der Waals surface area contributed by atoms with Gasteiger partial charge in [-0.15, -0.1) is 5.10 Å². The van der Waals surface area contributed by atoms with Crippen LogP contribution in [0.15, 0.2) is 77.6 Å². The highest BCUT2D eigenvalue weighted by Crippen LogP contribution is 2.31. The first kappa shape index (κ1) is 25.3. The Morgan fingerprint density at radius 2 is 1.74 bits per heavy atom. The summed E-state index contributed by atoms with van der Waals surface area (Å²) in [7, 11) is 0. The predicted octanol–water partition coefficient (Wildman–Crippen LogP) is 4.74. The average Bonchev–Trinajstić information content (AvgIpc) is 3.39. The van der Waals surface area contributed by atoms with E-state index in [0.717, 1.165) is 58.9 Å². The van der Waals surface area contributed by atoms with E-state index in [1.54, 1.807) is 0 Å². The molecule has 3 heterocycles. The van der Waals surface area contributed by atoms with Crippen LogP contribution in [0, 0.1) is 13.8 Å². The van der Waals surface area contributed by atoms with Crippen LogP contribution >= 0.6 is 11.6 Å². The van der Waals surface area contributed by atoms with Gasteiger partial charge < -0.3 is 9.88 Å². The van der Waals surface area contributed by atoms with Crippen LogP contribution in [-0.2, 0) is 6.54 Å². The Morgan fingerprint density at radius 3 is 2.54 bits per heavy atom. The van der Waals surface area contributed by atoms with Gasteiger partial charge in [0.25, 0.3) is 5.56 Å². The second-order valence-electron chi connectivity index (χ2n) is 10.2. The molecule has 5 aromatic rings. The zero-order valence-electron chi connectivity index (χ0n) is 22.0. The molecule has 198 valence electrons. The Hall–Kier alpha value is -4.01. The number of nitrogens with one attached hydrogen (secondary N) is 1. The molecular formula is C30H30ClN7O. The van der Waals surface area contributed by atoms with Gasteiger partial charge in [-0.25, -0.2) is 4.68 Å². The van der Waals surface area contributed by atoms with Crippen LogP contribution in [0.1, 0.15) is 34.1 Å². The number of fused-ring (bicyclic) bond motifs is 1. The first-order valence-corrected chi connectivity index (χ1v) is 13.5. The van der Waals surface area contributed by atoms with Crippen molar-refractivity contribution in [3.05, 3.63) is 116 Å². The molecule has 0 spiro atoms. The monoisotopic (exact) mass is 539 g/mol. The van der Waals surface area contributed by atoms with Crippen LogP contribution < -0.4 is 10.5 Å². The van der Waals surface area contributed by atoms with Crippen molar-refractivity contribution in [3.63, 3.8) is 0 Å². The third-order valence-electron chi connectivity index (χ3n) is 7.49. The van der Waals surface area contributed by atoms with Gasteiger partial charge in [0.2, 0.25) is 0 Å². The summed E-state index contributed by atoms with van der Waals surface area (Å²) in [4.78, 5) is 21.3. The lowest BCUT2D eigenvalue weighted by atomic mass is 10.0. The van der Waals surface area contributed by atoms with Crippen LogP contribution in [-0.4, -0.2) is 56.3 Å². The number of hydrogen-bond acceptors (Lipinski definition) is 6. The van der Waals surface area contributed by atoms with Gasteiger partial charge in [-0.05, 0) is 71.1 Å². The van der Waals surface area contributed by atoms with Crippen LogP contribution in [0.2, 0.25) is 5.02 Å². The molecule has 6 rings (SSSR count). The zero-order valence-corrected chi connectivity index (χ0v) is 22.8. The quantitative estimate of drug-likeness (QED) is 0.335. The number of nitrogens with zero attached hydrogens (tertiary/aromatic N) is 6. The molecule has 0 saturated carbocycles. The first-order valence-electron chi connectivity index (χ1n) is 13.1. The topological polar surface area (TPSA) is 82.9 Å². The lowest BCUT2D eigenvalue weighted by molar-refractivity contribution is 0.200. The molecule has 2 aromatic heterocycles. The third-order valence-corrected chi connectivity index (χ3v) is 7.73. The fraction of sp³-hybridized carbons (Fsp3) is 0.267. The Labute approximate surface area is 231 Å². The number of H-pyrrole nitrogens is 1. The lowest BCUT2D eigenvalue weighted by Crippen LogP contribution is -2.49. The molecule has 1 aliphatic rings. The zero-order chi connectivity index (χ0) is 26.9. The average molecular weight is 540 g/mol. The smallest absolute Gasteiger partial charge is 0.253 e. The van der Waals surface area contributed by atoms with Crippen LogP contribution in [0.4, 0.5) is 5.69 Å². The van der Waals surface area contributed by atoms with Crippen molar-refractivity contribution >= 4 is 28.2 Å². The Balaban J connectivity index is 1.39. The molecule has 0 radical (unpaired) electrons. The summed E-state index contributed by atoms with van der Waals surface area (Å²) in [5.74, 6) is 0.656. The second kappa shape index (κ2) is 10.6. The number of halogens is 1. The maximum atomic E-state index is 13.5.